The van der Waals surface area contributed by atoms with Gasteiger partial charge >= 0.3 is 0 Å². The lowest BCUT2D eigenvalue weighted by Gasteiger charge is -2.17. The van der Waals surface area contributed by atoms with Gasteiger partial charge in [0.05, 0.1) is 10.9 Å². The number of thioether (sulfide) groups is 1. The molecule has 124 valence electrons. The molecule has 0 radical (unpaired) electrons. The number of benzene rings is 1. The number of para-hydroxylation sites is 1. The zero-order chi connectivity index (χ0) is 16.8. The van der Waals surface area contributed by atoms with Crippen LogP contribution in [0.1, 0.15) is 51.5 Å². The fourth-order valence-corrected chi connectivity index (χ4v) is 3.58. The van der Waals surface area contributed by atoms with Crippen LogP contribution in [0.2, 0.25) is 0 Å². The number of nitrogens with two attached hydrogens (primary N) is 1. The Morgan fingerprint density at radius 2 is 2.09 bits per heavy atom. The fraction of sp³-hybridized carbons (Fsp3) is 0.444. The second-order valence-electron chi connectivity index (χ2n) is 5.94. The van der Waals surface area contributed by atoms with Crippen molar-refractivity contribution >= 4 is 17.7 Å². The number of aromatic nitrogens is 2. The molecule has 0 saturated carbocycles. The first kappa shape index (κ1) is 17.6. The number of hydrogen-bond donors (Lipinski definition) is 1. The Kier molecular flexibility index (Phi) is 6.28. The Hall–Kier alpha value is -1.75. The van der Waals surface area contributed by atoms with Crippen LogP contribution in [0.5, 0.6) is 0 Å². The SMILES string of the molecule is CCCC[C@H](Sc1nccn1-c1ccccc1C(C)C)C(N)=O. The molecule has 1 aromatic heterocycles. The van der Waals surface area contributed by atoms with E-state index in [4.69, 9.17) is 5.73 Å². The van der Waals surface area contributed by atoms with Crippen molar-refractivity contribution in [2.75, 3.05) is 0 Å². The van der Waals surface area contributed by atoms with Gasteiger partial charge in [-0.15, -0.1) is 0 Å². The summed E-state index contributed by atoms with van der Waals surface area (Å²) in [6.07, 6.45) is 6.55. The van der Waals surface area contributed by atoms with Crippen LogP contribution in [-0.2, 0) is 4.79 Å². The van der Waals surface area contributed by atoms with E-state index < -0.39 is 0 Å². The van der Waals surface area contributed by atoms with Gasteiger partial charge in [-0.25, -0.2) is 4.98 Å². The van der Waals surface area contributed by atoms with E-state index in [0.717, 1.165) is 30.1 Å². The maximum atomic E-state index is 11.7. The van der Waals surface area contributed by atoms with Gasteiger partial charge in [-0.3, -0.25) is 9.36 Å². The van der Waals surface area contributed by atoms with E-state index in [1.165, 1.54) is 17.3 Å². The first-order valence-corrected chi connectivity index (χ1v) is 9.01. The van der Waals surface area contributed by atoms with Gasteiger partial charge in [0.25, 0.3) is 0 Å². The van der Waals surface area contributed by atoms with Crippen molar-refractivity contribution in [2.24, 2.45) is 5.73 Å². The number of hydrogen-bond acceptors (Lipinski definition) is 3. The number of amides is 1. The molecule has 0 aliphatic heterocycles. The number of carbonyl (C=O) groups is 1. The average molecular weight is 331 g/mol. The van der Waals surface area contributed by atoms with Crippen LogP contribution >= 0.6 is 11.8 Å². The Morgan fingerprint density at radius 3 is 2.74 bits per heavy atom. The van der Waals surface area contributed by atoms with E-state index in [1.807, 2.05) is 12.3 Å². The highest BCUT2D eigenvalue weighted by Gasteiger charge is 2.20. The Bertz CT molecular complexity index is 651. The Labute approximate surface area is 142 Å². The normalized spacial score (nSPS) is 12.5. The van der Waals surface area contributed by atoms with Gasteiger partial charge in [0, 0.05) is 12.4 Å². The van der Waals surface area contributed by atoms with Crippen molar-refractivity contribution in [3.05, 3.63) is 42.2 Å². The van der Waals surface area contributed by atoms with Crippen LogP contribution in [0.15, 0.2) is 41.8 Å². The summed E-state index contributed by atoms with van der Waals surface area (Å²) in [5.74, 6) is 0.147. The molecule has 0 bridgehead atoms. The molecular formula is C18H25N3OS. The molecule has 1 heterocycles. The predicted octanol–water partition coefficient (Wildman–Crippen LogP) is 4.13. The quantitative estimate of drug-likeness (QED) is 0.740. The van der Waals surface area contributed by atoms with Crippen LogP contribution in [0.25, 0.3) is 5.69 Å². The van der Waals surface area contributed by atoms with E-state index >= 15 is 0 Å². The number of carbonyl (C=O) groups excluding carboxylic acids is 1. The molecule has 2 aromatic rings. The molecule has 0 saturated heterocycles. The number of imidazole rings is 1. The fourth-order valence-electron chi connectivity index (χ4n) is 2.53. The molecule has 23 heavy (non-hydrogen) atoms. The lowest BCUT2D eigenvalue weighted by atomic mass is 10.0. The smallest absolute Gasteiger partial charge is 0.231 e. The number of nitrogens with zero attached hydrogens (tertiary/aromatic N) is 2. The van der Waals surface area contributed by atoms with Gasteiger partial charge in [-0.05, 0) is 24.0 Å². The minimum atomic E-state index is -0.268. The maximum Gasteiger partial charge on any atom is 0.231 e. The summed E-state index contributed by atoms with van der Waals surface area (Å²) in [7, 11) is 0. The molecular weight excluding hydrogens is 306 g/mol. The molecule has 4 nitrogen and oxygen atoms in total. The summed E-state index contributed by atoms with van der Waals surface area (Å²) in [5.41, 5.74) is 7.94. The van der Waals surface area contributed by atoms with E-state index in [-0.39, 0.29) is 11.2 Å². The van der Waals surface area contributed by atoms with E-state index in [2.05, 4.69) is 48.5 Å². The molecule has 2 N–H and O–H groups in total. The highest BCUT2D eigenvalue weighted by Crippen LogP contribution is 2.30. The monoisotopic (exact) mass is 331 g/mol. The highest BCUT2D eigenvalue weighted by atomic mass is 32.2. The van der Waals surface area contributed by atoms with Crippen LogP contribution < -0.4 is 5.73 Å². The van der Waals surface area contributed by atoms with Gasteiger partial charge in [0.15, 0.2) is 5.16 Å². The van der Waals surface area contributed by atoms with Gasteiger partial charge in [-0.2, -0.15) is 0 Å². The summed E-state index contributed by atoms with van der Waals surface area (Å²) in [6, 6.07) is 8.30. The topological polar surface area (TPSA) is 60.9 Å². The Balaban J connectivity index is 2.31. The third kappa shape index (κ3) is 4.38. The standard InChI is InChI=1S/C18H25N3OS/c1-4-5-10-16(17(19)22)23-18-20-11-12-21(18)15-9-7-6-8-14(15)13(2)3/h6-9,11-13,16H,4-5,10H2,1-3H3,(H2,19,22)/t16-/m0/s1. The summed E-state index contributed by atoms with van der Waals surface area (Å²) in [6.45, 7) is 6.47. The summed E-state index contributed by atoms with van der Waals surface area (Å²) >= 11 is 1.46. The van der Waals surface area contributed by atoms with E-state index in [9.17, 15) is 4.79 Å². The van der Waals surface area contributed by atoms with Crippen LogP contribution in [-0.4, -0.2) is 20.7 Å². The lowest BCUT2D eigenvalue weighted by molar-refractivity contribution is -0.117. The minimum Gasteiger partial charge on any atom is -0.369 e. The van der Waals surface area contributed by atoms with Crippen molar-refractivity contribution in [3.8, 4) is 5.69 Å². The molecule has 1 amide bonds. The lowest BCUT2D eigenvalue weighted by Crippen LogP contribution is -2.26. The molecule has 1 aromatic carbocycles. The molecule has 0 aliphatic rings. The summed E-state index contributed by atoms with van der Waals surface area (Å²) in [5, 5.41) is 0.584. The van der Waals surface area contributed by atoms with Crippen LogP contribution in [0, 0.1) is 0 Å². The first-order valence-electron chi connectivity index (χ1n) is 8.13. The molecule has 1 atom stereocenters. The third-order valence-electron chi connectivity index (χ3n) is 3.81. The zero-order valence-corrected chi connectivity index (χ0v) is 14.8. The van der Waals surface area contributed by atoms with Crippen molar-refractivity contribution in [1.82, 2.24) is 9.55 Å². The van der Waals surface area contributed by atoms with Gasteiger partial charge in [-0.1, -0.05) is 63.6 Å². The van der Waals surface area contributed by atoms with Crippen molar-refractivity contribution in [2.45, 2.75) is 56.4 Å². The van der Waals surface area contributed by atoms with Gasteiger partial charge < -0.3 is 5.73 Å². The second-order valence-corrected chi connectivity index (χ2v) is 7.11. The zero-order valence-electron chi connectivity index (χ0n) is 14.0. The molecule has 0 fully saturated rings. The van der Waals surface area contributed by atoms with Crippen LogP contribution in [0.3, 0.4) is 0 Å². The maximum absolute atomic E-state index is 11.7. The molecule has 0 spiro atoms. The van der Waals surface area contributed by atoms with E-state index in [0.29, 0.717) is 5.92 Å². The average Bonchev–Trinajstić information content (AvgIpc) is 2.99. The molecule has 2 rings (SSSR count). The van der Waals surface area contributed by atoms with Crippen LogP contribution in [0.4, 0.5) is 0 Å². The highest BCUT2D eigenvalue weighted by molar-refractivity contribution is 8.00. The summed E-state index contributed by atoms with van der Waals surface area (Å²) < 4.78 is 2.06. The van der Waals surface area contributed by atoms with Gasteiger partial charge in [0.1, 0.15) is 0 Å². The second kappa shape index (κ2) is 8.20. The van der Waals surface area contributed by atoms with Crippen molar-refractivity contribution in [1.29, 1.82) is 0 Å². The Morgan fingerprint density at radius 1 is 1.35 bits per heavy atom. The number of primary amides is 1. The largest absolute Gasteiger partial charge is 0.369 e. The molecule has 0 unspecified atom stereocenters. The van der Waals surface area contributed by atoms with Crippen molar-refractivity contribution < 1.29 is 4.79 Å². The predicted molar refractivity (Wildman–Crippen MR) is 96.0 cm³/mol. The van der Waals surface area contributed by atoms with Gasteiger partial charge in [0.2, 0.25) is 5.91 Å². The minimum absolute atomic E-state index is 0.234. The summed E-state index contributed by atoms with van der Waals surface area (Å²) in [4.78, 5) is 16.2. The molecule has 5 heteroatoms. The van der Waals surface area contributed by atoms with E-state index in [1.54, 1.807) is 6.20 Å². The first-order chi connectivity index (χ1) is 11.0. The third-order valence-corrected chi connectivity index (χ3v) is 5.08. The molecule has 0 aliphatic carbocycles. The number of rotatable bonds is 8. The number of unbranched alkanes of at least 4 members (excludes halogenated alkanes) is 1. The van der Waals surface area contributed by atoms with Crippen molar-refractivity contribution in [3.63, 3.8) is 0 Å².